The standard InChI is InChI=1S/C19H22N2O3S/c1-14-10-12-17(13-11-14)25(23,24)21-20-18(15-6-2-3-7-15)19(22)16-8-4-5-9-16/h2-13,15-16,18-22H,1H3/t18-,19+/m1/s1. The Bertz CT molecular complexity index is 799. The summed E-state index contributed by atoms with van der Waals surface area (Å²) in [5, 5.41) is 10.7. The lowest BCUT2D eigenvalue weighted by Crippen LogP contribution is -2.53. The minimum absolute atomic E-state index is 0.0990. The van der Waals surface area contributed by atoms with Crippen molar-refractivity contribution in [2.75, 3.05) is 0 Å². The molecule has 3 rings (SSSR count). The van der Waals surface area contributed by atoms with E-state index in [2.05, 4.69) is 10.3 Å². The fraction of sp³-hybridized carbons (Fsp3) is 0.263. The average Bonchev–Trinajstić information content (AvgIpc) is 3.29. The van der Waals surface area contributed by atoms with Crippen molar-refractivity contribution in [2.24, 2.45) is 11.8 Å². The summed E-state index contributed by atoms with van der Waals surface area (Å²) >= 11 is 0. The molecule has 5 nitrogen and oxygen atoms in total. The van der Waals surface area contributed by atoms with Gasteiger partial charge < -0.3 is 5.11 Å². The molecular formula is C19H22N2O3S. The molecule has 2 aliphatic rings. The van der Waals surface area contributed by atoms with Gasteiger partial charge in [0.05, 0.1) is 17.0 Å². The summed E-state index contributed by atoms with van der Waals surface area (Å²) in [6.45, 7) is 1.90. The summed E-state index contributed by atoms with van der Waals surface area (Å²) in [6.07, 6.45) is 14.4. The van der Waals surface area contributed by atoms with Crippen LogP contribution in [-0.4, -0.2) is 25.7 Å². The Morgan fingerprint density at radius 2 is 1.44 bits per heavy atom. The van der Waals surface area contributed by atoms with Gasteiger partial charge in [-0.15, -0.1) is 4.83 Å². The number of aliphatic hydroxyl groups excluding tert-OH is 1. The van der Waals surface area contributed by atoms with Gasteiger partial charge in [-0.05, 0) is 19.1 Å². The largest absolute Gasteiger partial charge is 0.390 e. The van der Waals surface area contributed by atoms with Crippen LogP contribution in [0.2, 0.25) is 0 Å². The summed E-state index contributed by atoms with van der Waals surface area (Å²) in [4.78, 5) is 2.60. The number of hydrazine groups is 1. The monoisotopic (exact) mass is 358 g/mol. The maximum Gasteiger partial charge on any atom is 0.253 e. The molecule has 2 atom stereocenters. The first-order valence-electron chi connectivity index (χ1n) is 8.19. The summed E-state index contributed by atoms with van der Waals surface area (Å²) in [6, 6.07) is 6.12. The van der Waals surface area contributed by atoms with Gasteiger partial charge in [0.1, 0.15) is 0 Å². The van der Waals surface area contributed by atoms with Crippen LogP contribution in [0, 0.1) is 18.8 Å². The minimum atomic E-state index is -3.72. The molecule has 0 aromatic heterocycles. The zero-order valence-corrected chi connectivity index (χ0v) is 14.7. The number of allylic oxidation sites excluding steroid dienone is 4. The molecule has 1 aromatic rings. The number of hydrogen-bond donors (Lipinski definition) is 3. The lowest BCUT2D eigenvalue weighted by Gasteiger charge is -2.30. The molecule has 6 heteroatoms. The number of hydrogen-bond acceptors (Lipinski definition) is 4. The zero-order chi connectivity index (χ0) is 17.9. The molecule has 0 amide bonds. The molecule has 0 fully saturated rings. The van der Waals surface area contributed by atoms with E-state index >= 15 is 0 Å². The van der Waals surface area contributed by atoms with Gasteiger partial charge in [-0.2, -0.15) is 0 Å². The van der Waals surface area contributed by atoms with Crippen LogP contribution in [-0.2, 0) is 10.0 Å². The number of aliphatic hydroxyl groups is 1. The third kappa shape index (κ3) is 4.16. The Morgan fingerprint density at radius 1 is 0.920 bits per heavy atom. The molecule has 0 saturated carbocycles. The topological polar surface area (TPSA) is 78.4 Å². The van der Waals surface area contributed by atoms with Crippen LogP contribution in [0.15, 0.2) is 77.8 Å². The molecule has 0 bridgehead atoms. The van der Waals surface area contributed by atoms with Crippen LogP contribution in [0.4, 0.5) is 0 Å². The summed E-state index contributed by atoms with van der Waals surface area (Å²) in [5.74, 6) is -0.248. The second-order valence-electron chi connectivity index (χ2n) is 6.27. The first kappa shape index (κ1) is 17.8. The molecule has 0 unspecified atom stereocenters. The third-order valence-corrected chi connectivity index (χ3v) is 5.70. The Morgan fingerprint density at radius 3 is 2.00 bits per heavy atom. The number of aryl methyl sites for hydroxylation is 1. The van der Waals surface area contributed by atoms with Crippen molar-refractivity contribution < 1.29 is 13.5 Å². The molecule has 2 aliphatic carbocycles. The van der Waals surface area contributed by atoms with Gasteiger partial charge in [0.25, 0.3) is 10.0 Å². The summed E-state index contributed by atoms with van der Waals surface area (Å²) in [7, 11) is -3.72. The lowest BCUT2D eigenvalue weighted by molar-refractivity contribution is 0.0911. The molecule has 0 spiro atoms. The third-order valence-electron chi connectivity index (χ3n) is 4.42. The normalized spacial score (nSPS) is 19.8. The van der Waals surface area contributed by atoms with Crippen LogP contribution in [0.1, 0.15) is 5.56 Å². The molecular weight excluding hydrogens is 336 g/mol. The van der Waals surface area contributed by atoms with Crippen molar-refractivity contribution >= 4 is 10.0 Å². The first-order chi connectivity index (χ1) is 12.0. The fourth-order valence-electron chi connectivity index (χ4n) is 2.94. The SMILES string of the molecule is Cc1ccc(S(=O)(=O)NN[C@H](C2C=CC=C2)[C@@H](O)C2C=CC=C2)cc1. The van der Waals surface area contributed by atoms with Crippen LogP contribution in [0.3, 0.4) is 0 Å². The number of rotatable bonds is 7. The van der Waals surface area contributed by atoms with Gasteiger partial charge >= 0.3 is 0 Å². The highest BCUT2D eigenvalue weighted by molar-refractivity contribution is 7.89. The Balaban J connectivity index is 1.74. The van der Waals surface area contributed by atoms with Gasteiger partial charge in [-0.25, -0.2) is 13.8 Å². The van der Waals surface area contributed by atoms with Crippen molar-refractivity contribution in [1.29, 1.82) is 0 Å². The smallest absolute Gasteiger partial charge is 0.253 e. The highest BCUT2D eigenvalue weighted by Gasteiger charge is 2.31. The number of benzene rings is 1. The van der Waals surface area contributed by atoms with Gasteiger partial charge in [0.2, 0.25) is 0 Å². The average molecular weight is 358 g/mol. The van der Waals surface area contributed by atoms with E-state index in [-0.39, 0.29) is 16.7 Å². The molecule has 0 radical (unpaired) electrons. The van der Waals surface area contributed by atoms with E-state index < -0.39 is 22.2 Å². The molecule has 132 valence electrons. The quantitative estimate of drug-likeness (QED) is 0.652. The van der Waals surface area contributed by atoms with Crippen LogP contribution < -0.4 is 10.3 Å². The van der Waals surface area contributed by atoms with Gasteiger partial charge in [0, 0.05) is 11.8 Å². The van der Waals surface area contributed by atoms with Crippen molar-refractivity contribution in [1.82, 2.24) is 10.3 Å². The van der Waals surface area contributed by atoms with E-state index in [0.717, 1.165) is 5.56 Å². The molecule has 0 saturated heterocycles. The van der Waals surface area contributed by atoms with E-state index in [1.54, 1.807) is 24.3 Å². The predicted molar refractivity (Wildman–Crippen MR) is 98.0 cm³/mol. The van der Waals surface area contributed by atoms with Crippen molar-refractivity contribution in [3.05, 3.63) is 78.4 Å². The van der Waals surface area contributed by atoms with E-state index in [1.807, 2.05) is 55.5 Å². The molecule has 0 aliphatic heterocycles. The summed E-state index contributed by atoms with van der Waals surface area (Å²) < 4.78 is 25.0. The van der Waals surface area contributed by atoms with Crippen molar-refractivity contribution in [2.45, 2.75) is 24.0 Å². The number of nitrogens with one attached hydrogen (secondary N) is 2. The minimum Gasteiger partial charge on any atom is -0.390 e. The summed E-state index contributed by atoms with van der Waals surface area (Å²) in [5.41, 5.74) is 3.82. The highest BCUT2D eigenvalue weighted by Crippen LogP contribution is 2.24. The second kappa shape index (κ2) is 7.49. The Kier molecular flexibility index (Phi) is 5.34. The molecule has 3 N–H and O–H groups in total. The maximum absolute atomic E-state index is 12.5. The zero-order valence-electron chi connectivity index (χ0n) is 13.9. The van der Waals surface area contributed by atoms with Gasteiger partial charge in [0.15, 0.2) is 0 Å². The maximum atomic E-state index is 12.5. The highest BCUT2D eigenvalue weighted by atomic mass is 32.2. The second-order valence-corrected chi connectivity index (χ2v) is 7.96. The van der Waals surface area contributed by atoms with Crippen LogP contribution in [0.25, 0.3) is 0 Å². The molecule has 0 heterocycles. The van der Waals surface area contributed by atoms with Crippen LogP contribution >= 0.6 is 0 Å². The molecule has 25 heavy (non-hydrogen) atoms. The van der Waals surface area contributed by atoms with Crippen molar-refractivity contribution in [3.63, 3.8) is 0 Å². The lowest BCUT2D eigenvalue weighted by atomic mass is 9.89. The first-order valence-corrected chi connectivity index (χ1v) is 9.68. The van der Waals surface area contributed by atoms with Crippen molar-refractivity contribution in [3.8, 4) is 0 Å². The van der Waals surface area contributed by atoms with Gasteiger partial charge in [-0.3, -0.25) is 0 Å². The van der Waals surface area contributed by atoms with E-state index in [4.69, 9.17) is 0 Å². The van der Waals surface area contributed by atoms with E-state index in [0.29, 0.717) is 0 Å². The van der Waals surface area contributed by atoms with E-state index in [9.17, 15) is 13.5 Å². The Labute approximate surface area is 148 Å². The number of sulfonamides is 1. The van der Waals surface area contributed by atoms with E-state index in [1.165, 1.54) is 0 Å². The predicted octanol–water partition coefficient (Wildman–Crippen LogP) is 1.99. The van der Waals surface area contributed by atoms with Gasteiger partial charge in [-0.1, -0.05) is 66.3 Å². The van der Waals surface area contributed by atoms with Crippen LogP contribution in [0.5, 0.6) is 0 Å². The Hall–Kier alpha value is -1.99. The fourth-order valence-corrected chi connectivity index (χ4v) is 3.84. The molecule has 1 aromatic carbocycles.